The first kappa shape index (κ1) is 18.6. The van der Waals surface area contributed by atoms with Gasteiger partial charge < -0.3 is 10.4 Å². The van der Waals surface area contributed by atoms with Gasteiger partial charge in [-0.05, 0) is 24.5 Å². The summed E-state index contributed by atoms with van der Waals surface area (Å²) in [5.74, 6) is -0.284. The lowest BCUT2D eigenvalue weighted by Crippen LogP contribution is -2.40. The van der Waals surface area contributed by atoms with Gasteiger partial charge in [-0.2, -0.15) is 0 Å². The van der Waals surface area contributed by atoms with Gasteiger partial charge in [-0.1, -0.05) is 69.7 Å². The average Bonchev–Trinajstić information content (AvgIpc) is 2.93. The smallest absolute Gasteiger partial charge is 0.256 e. The minimum Gasteiger partial charge on any atom is -0.363 e. The van der Waals surface area contributed by atoms with Crippen LogP contribution in [0.1, 0.15) is 78.9 Å². The lowest BCUT2D eigenvalue weighted by atomic mass is 9.93. The Kier molecular flexibility index (Phi) is 6.04. The number of rotatable bonds is 9. The lowest BCUT2D eigenvalue weighted by molar-refractivity contribution is 0.0475. The molecule has 1 aliphatic rings. The van der Waals surface area contributed by atoms with Gasteiger partial charge in [0.05, 0.1) is 5.56 Å². The zero-order valence-corrected chi connectivity index (χ0v) is 15.5. The van der Waals surface area contributed by atoms with Crippen LogP contribution in [0.3, 0.4) is 0 Å². The maximum Gasteiger partial charge on any atom is 0.256 e. The summed E-state index contributed by atoms with van der Waals surface area (Å²) in [5, 5.41) is 13.9. The van der Waals surface area contributed by atoms with Crippen molar-refractivity contribution in [1.82, 2.24) is 10.3 Å². The van der Waals surface area contributed by atoms with Gasteiger partial charge in [0.15, 0.2) is 5.72 Å². The summed E-state index contributed by atoms with van der Waals surface area (Å²) >= 11 is 0. The second-order valence-corrected chi connectivity index (χ2v) is 7.16. The Labute approximate surface area is 155 Å². The third-order valence-electron chi connectivity index (χ3n) is 5.16. The maximum absolute atomic E-state index is 12.1. The van der Waals surface area contributed by atoms with Gasteiger partial charge in [0, 0.05) is 23.5 Å². The first-order chi connectivity index (χ1) is 12.6. The molecule has 2 heterocycles. The molecule has 2 aromatic rings. The molecule has 26 heavy (non-hydrogen) atoms. The molecule has 0 bridgehead atoms. The number of nitrogens with zero attached hydrogens (tertiary/aromatic N) is 1. The van der Waals surface area contributed by atoms with Crippen LogP contribution in [-0.2, 0) is 12.1 Å². The Hall–Kier alpha value is -2.20. The van der Waals surface area contributed by atoms with Crippen molar-refractivity contribution in [1.29, 1.82) is 0 Å². The molecule has 1 atom stereocenters. The predicted octanol–water partition coefficient (Wildman–Crippen LogP) is 4.31. The number of unbranched alkanes of at least 4 members (excludes halogenated alkanes) is 6. The number of aryl methyl sites for hydroxylation is 1. The molecule has 1 unspecified atom stereocenters. The molecular formula is C22H28N2O2. The number of benzene rings is 1. The zero-order chi connectivity index (χ0) is 18.4. The molecule has 4 heteroatoms. The second kappa shape index (κ2) is 8.45. The third-order valence-corrected chi connectivity index (χ3v) is 5.16. The SMILES string of the molecule is CCCCCCCCCc1cccc(C2(O)NC(=O)c3cnccc32)c1. The molecule has 0 radical (unpaired) electrons. The molecule has 0 fully saturated rings. The van der Waals surface area contributed by atoms with E-state index in [2.05, 4.69) is 23.3 Å². The largest absolute Gasteiger partial charge is 0.363 e. The monoisotopic (exact) mass is 352 g/mol. The van der Waals surface area contributed by atoms with Crippen molar-refractivity contribution >= 4 is 5.91 Å². The molecule has 3 rings (SSSR count). The van der Waals surface area contributed by atoms with E-state index in [-0.39, 0.29) is 5.91 Å². The molecule has 1 aromatic heterocycles. The Morgan fingerprint density at radius 2 is 1.85 bits per heavy atom. The number of fused-ring (bicyclic) bond motifs is 1. The Morgan fingerprint density at radius 3 is 2.65 bits per heavy atom. The summed E-state index contributed by atoms with van der Waals surface area (Å²) in [5.41, 5.74) is 1.45. The van der Waals surface area contributed by atoms with Crippen LogP contribution < -0.4 is 5.32 Å². The van der Waals surface area contributed by atoms with Gasteiger partial charge in [-0.3, -0.25) is 9.78 Å². The van der Waals surface area contributed by atoms with E-state index >= 15 is 0 Å². The van der Waals surface area contributed by atoms with E-state index in [9.17, 15) is 9.90 Å². The van der Waals surface area contributed by atoms with Gasteiger partial charge in [0.2, 0.25) is 0 Å². The highest BCUT2D eigenvalue weighted by Gasteiger charge is 2.42. The molecule has 0 spiro atoms. The molecule has 1 amide bonds. The number of aliphatic hydroxyl groups is 1. The minimum absolute atomic E-state index is 0.284. The highest BCUT2D eigenvalue weighted by molar-refractivity contribution is 6.00. The van der Waals surface area contributed by atoms with Crippen LogP contribution in [0, 0.1) is 0 Å². The Bertz CT molecular complexity index is 759. The molecule has 0 aliphatic carbocycles. The lowest BCUT2D eigenvalue weighted by Gasteiger charge is -2.25. The van der Waals surface area contributed by atoms with E-state index in [1.165, 1.54) is 50.3 Å². The molecule has 2 N–H and O–H groups in total. The van der Waals surface area contributed by atoms with Gasteiger partial charge in [0.1, 0.15) is 0 Å². The summed E-state index contributed by atoms with van der Waals surface area (Å²) in [6.07, 6.45) is 13.1. The quantitative estimate of drug-likeness (QED) is 0.661. The van der Waals surface area contributed by atoms with Crippen molar-refractivity contribution in [3.63, 3.8) is 0 Å². The van der Waals surface area contributed by atoms with Crippen molar-refractivity contribution in [2.24, 2.45) is 0 Å². The fourth-order valence-electron chi connectivity index (χ4n) is 3.66. The van der Waals surface area contributed by atoms with Crippen LogP contribution >= 0.6 is 0 Å². The van der Waals surface area contributed by atoms with Crippen LogP contribution in [0.15, 0.2) is 42.7 Å². The topological polar surface area (TPSA) is 62.2 Å². The fourth-order valence-corrected chi connectivity index (χ4v) is 3.66. The molecule has 0 saturated carbocycles. The second-order valence-electron chi connectivity index (χ2n) is 7.16. The van der Waals surface area contributed by atoms with Crippen molar-refractivity contribution in [2.45, 2.75) is 64.0 Å². The van der Waals surface area contributed by atoms with Crippen LogP contribution in [-0.4, -0.2) is 16.0 Å². The number of aromatic nitrogens is 1. The highest BCUT2D eigenvalue weighted by atomic mass is 16.3. The van der Waals surface area contributed by atoms with E-state index in [1.54, 1.807) is 12.3 Å². The van der Waals surface area contributed by atoms with Crippen LogP contribution in [0.5, 0.6) is 0 Å². The van der Waals surface area contributed by atoms with Gasteiger partial charge in [-0.25, -0.2) is 0 Å². The van der Waals surface area contributed by atoms with Gasteiger partial charge >= 0.3 is 0 Å². The molecule has 1 aromatic carbocycles. The highest BCUT2D eigenvalue weighted by Crippen LogP contribution is 2.34. The van der Waals surface area contributed by atoms with Crippen LogP contribution in [0.4, 0.5) is 0 Å². The molecule has 0 saturated heterocycles. The predicted molar refractivity (Wildman–Crippen MR) is 103 cm³/mol. The first-order valence-corrected chi connectivity index (χ1v) is 9.74. The number of carbonyl (C=O) groups is 1. The number of hydrogen-bond donors (Lipinski definition) is 2. The van der Waals surface area contributed by atoms with Crippen molar-refractivity contribution in [3.8, 4) is 0 Å². The van der Waals surface area contributed by atoms with Gasteiger partial charge in [-0.15, -0.1) is 0 Å². The van der Waals surface area contributed by atoms with Crippen molar-refractivity contribution in [3.05, 3.63) is 65.0 Å². The van der Waals surface area contributed by atoms with Crippen LogP contribution in [0.25, 0.3) is 0 Å². The normalized spacial score (nSPS) is 18.6. The summed E-state index contributed by atoms with van der Waals surface area (Å²) in [4.78, 5) is 16.1. The molecule has 1 aliphatic heterocycles. The summed E-state index contributed by atoms with van der Waals surface area (Å²) in [7, 11) is 0. The van der Waals surface area contributed by atoms with E-state index < -0.39 is 5.72 Å². The maximum atomic E-state index is 12.1. The van der Waals surface area contributed by atoms with Crippen molar-refractivity contribution in [2.75, 3.05) is 0 Å². The van der Waals surface area contributed by atoms with E-state index in [4.69, 9.17) is 0 Å². The number of pyridine rings is 1. The standard InChI is InChI=1S/C22H28N2O2/c1-2-3-4-5-6-7-8-10-17-11-9-12-18(15-17)22(26)20-13-14-23-16-19(20)21(25)24-22/h9,11-16,26H,2-8,10H2,1H3,(H,24,25). The summed E-state index contributed by atoms with van der Waals surface area (Å²) in [6, 6.07) is 9.62. The number of hydrogen-bond acceptors (Lipinski definition) is 3. The number of amides is 1. The van der Waals surface area contributed by atoms with Crippen LogP contribution in [0.2, 0.25) is 0 Å². The van der Waals surface area contributed by atoms with Crippen molar-refractivity contribution < 1.29 is 9.90 Å². The first-order valence-electron chi connectivity index (χ1n) is 9.74. The zero-order valence-electron chi connectivity index (χ0n) is 15.5. The number of nitrogens with one attached hydrogen (secondary N) is 1. The summed E-state index contributed by atoms with van der Waals surface area (Å²) < 4.78 is 0. The molecule has 138 valence electrons. The average molecular weight is 352 g/mol. The molecular weight excluding hydrogens is 324 g/mol. The summed E-state index contributed by atoms with van der Waals surface area (Å²) in [6.45, 7) is 2.24. The molecule has 4 nitrogen and oxygen atoms in total. The van der Waals surface area contributed by atoms with E-state index in [0.717, 1.165) is 12.8 Å². The van der Waals surface area contributed by atoms with E-state index in [1.807, 2.05) is 18.2 Å². The third kappa shape index (κ3) is 3.96. The Balaban J connectivity index is 1.64. The minimum atomic E-state index is -1.47. The van der Waals surface area contributed by atoms with E-state index in [0.29, 0.717) is 16.7 Å². The number of carbonyl (C=O) groups excluding carboxylic acids is 1. The van der Waals surface area contributed by atoms with Gasteiger partial charge in [0.25, 0.3) is 5.91 Å². The fraction of sp³-hybridized carbons (Fsp3) is 0.455. The Morgan fingerprint density at radius 1 is 1.08 bits per heavy atom.